The Kier molecular flexibility index (Phi) is 2.28. The van der Waals surface area contributed by atoms with Gasteiger partial charge in [0.1, 0.15) is 0 Å². The molecule has 1 aromatic carbocycles. The Morgan fingerprint density at radius 2 is 1.80 bits per heavy atom. The maximum absolute atomic E-state index is 12.5. The van der Waals surface area contributed by atoms with E-state index >= 15 is 0 Å². The molecule has 0 saturated heterocycles. The highest BCUT2D eigenvalue weighted by Gasteiger charge is 2.11. The summed E-state index contributed by atoms with van der Waals surface area (Å²) in [6, 6.07) is 6.87. The zero-order valence-electron chi connectivity index (χ0n) is 7.42. The number of aromatic nitrogens is 1. The summed E-state index contributed by atoms with van der Waals surface area (Å²) in [6.45, 7) is 0. The van der Waals surface area contributed by atoms with Crippen LogP contribution in [0.5, 0.6) is 0 Å². The molecule has 0 radical (unpaired) electrons. The number of halogens is 1. The molecular formula is C9H6FNO3S. The largest absolute Gasteiger partial charge is 0.356 e. The Morgan fingerprint density at radius 3 is 2.27 bits per heavy atom. The fraction of sp³-hybridized carbons (Fsp3) is 0. The van der Waals surface area contributed by atoms with E-state index < -0.39 is 10.2 Å². The van der Waals surface area contributed by atoms with Crippen LogP contribution in [0.25, 0.3) is 11.3 Å². The van der Waals surface area contributed by atoms with Crippen molar-refractivity contribution in [1.29, 1.82) is 0 Å². The fourth-order valence-electron chi connectivity index (χ4n) is 1.15. The molecule has 0 amide bonds. The second-order valence-electron chi connectivity index (χ2n) is 2.84. The molecule has 2 rings (SSSR count). The van der Waals surface area contributed by atoms with E-state index in [1.165, 1.54) is 30.5 Å². The van der Waals surface area contributed by atoms with Crippen LogP contribution in [-0.2, 0) is 10.2 Å². The first-order chi connectivity index (χ1) is 7.07. The molecule has 0 aliphatic heterocycles. The van der Waals surface area contributed by atoms with Crippen molar-refractivity contribution in [2.24, 2.45) is 0 Å². The molecule has 15 heavy (non-hydrogen) atoms. The topological polar surface area (TPSA) is 60.2 Å². The van der Waals surface area contributed by atoms with Crippen LogP contribution in [0, 0.1) is 0 Å². The minimum atomic E-state index is -4.63. The van der Waals surface area contributed by atoms with Gasteiger partial charge in [0, 0.05) is 11.6 Å². The van der Waals surface area contributed by atoms with Gasteiger partial charge in [-0.3, -0.25) is 0 Å². The van der Waals surface area contributed by atoms with E-state index in [4.69, 9.17) is 4.52 Å². The van der Waals surface area contributed by atoms with Gasteiger partial charge in [-0.15, -0.1) is 3.89 Å². The highest BCUT2D eigenvalue weighted by atomic mass is 32.3. The zero-order chi connectivity index (χ0) is 10.9. The number of hydrogen-bond donors (Lipinski definition) is 0. The number of hydrogen-bond acceptors (Lipinski definition) is 4. The molecule has 0 atom stereocenters. The molecule has 6 heteroatoms. The lowest BCUT2D eigenvalue weighted by Gasteiger charge is -1.96. The van der Waals surface area contributed by atoms with E-state index in [-0.39, 0.29) is 4.90 Å². The van der Waals surface area contributed by atoms with Gasteiger partial charge in [-0.1, -0.05) is 5.16 Å². The van der Waals surface area contributed by atoms with Crippen LogP contribution in [0.2, 0.25) is 0 Å². The van der Waals surface area contributed by atoms with Gasteiger partial charge >= 0.3 is 10.2 Å². The van der Waals surface area contributed by atoms with Crippen LogP contribution in [0.3, 0.4) is 0 Å². The standard InChI is InChI=1S/C9H6FNO3S/c10-15(12,13)8-3-1-7(2-4-8)9-5-6-11-14-9/h1-6H. The van der Waals surface area contributed by atoms with E-state index in [0.29, 0.717) is 11.3 Å². The molecular weight excluding hydrogens is 221 g/mol. The van der Waals surface area contributed by atoms with Gasteiger partial charge in [-0.25, -0.2) is 0 Å². The summed E-state index contributed by atoms with van der Waals surface area (Å²) in [5, 5.41) is 3.50. The van der Waals surface area contributed by atoms with Crippen LogP contribution >= 0.6 is 0 Å². The summed E-state index contributed by atoms with van der Waals surface area (Å²) in [5.41, 5.74) is 0.639. The highest BCUT2D eigenvalue weighted by Crippen LogP contribution is 2.21. The van der Waals surface area contributed by atoms with E-state index in [2.05, 4.69) is 5.16 Å². The van der Waals surface area contributed by atoms with E-state index in [1.807, 2.05) is 0 Å². The van der Waals surface area contributed by atoms with Crippen LogP contribution in [0.4, 0.5) is 3.89 Å². The van der Waals surface area contributed by atoms with Crippen molar-refractivity contribution in [3.63, 3.8) is 0 Å². The summed E-state index contributed by atoms with van der Waals surface area (Å²) in [4.78, 5) is -0.370. The van der Waals surface area contributed by atoms with E-state index in [9.17, 15) is 12.3 Å². The summed E-state index contributed by atoms with van der Waals surface area (Å²) < 4.78 is 38.4. The average Bonchev–Trinajstić information content (AvgIpc) is 2.69. The fourth-order valence-corrected chi connectivity index (χ4v) is 1.61. The van der Waals surface area contributed by atoms with Crippen LogP contribution < -0.4 is 0 Å². The molecule has 0 fully saturated rings. The van der Waals surface area contributed by atoms with Crippen molar-refractivity contribution in [1.82, 2.24) is 5.16 Å². The molecule has 1 aromatic heterocycles. The second kappa shape index (κ2) is 3.47. The Balaban J connectivity index is 2.42. The lowest BCUT2D eigenvalue weighted by Crippen LogP contribution is -1.90. The quantitative estimate of drug-likeness (QED) is 0.736. The van der Waals surface area contributed by atoms with Gasteiger partial charge < -0.3 is 4.52 Å². The third kappa shape index (κ3) is 2.04. The number of nitrogens with zero attached hydrogens (tertiary/aromatic N) is 1. The molecule has 0 bridgehead atoms. The Labute approximate surface area is 85.5 Å². The highest BCUT2D eigenvalue weighted by molar-refractivity contribution is 7.86. The lowest BCUT2D eigenvalue weighted by molar-refractivity contribution is 0.432. The van der Waals surface area contributed by atoms with Gasteiger partial charge in [0.2, 0.25) is 0 Å². The lowest BCUT2D eigenvalue weighted by atomic mass is 10.2. The maximum Gasteiger partial charge on any atom is 0.332 e. The number of rotatable bonds is 2. The summed E-state index contributed by atoms with van der Waals surface area (Å²) in [6.07, 6.45) is 1.47. The van der Waals surface area contributed by atoms with Crippen LogP contribution in [0.15, 0.2) is 45.9 Å². The predicted molar refractivity (Wildman–Crippen MR) is 50.2 cm³/mol. The average molecular weight is 227 g/mol. The van der Waals surface area contributed by atoms with E-state index in [0.717, 1.165) is 0 Å². The van der Waals surface area contributed by atoms with Crippen LogP contribution in [0.1, 0.15) is 0 Å². The van der Waals surface area contributed by atoms with Crippen molar-refractivity contribution >= 4 is 10.2 Å². The molecule has 0 saturated carbocycles. The first-order valence-corrected chi connectivity index (χ1v) is 5.41. The molecule has 4 nitrogen and oxygen atoms in total. The third-order valence-corrected chi connectivity index (χ3v) is 2.69. The SMILES string of the molecule is O=S(=O)(F)c1ccc(-c2ccno2)cc1. The smallest absolute Gasteiger partial charge is 0.332 e. The minimum absolute atomic E-state index is 0.370. The van der Waals surface area contributed by atoms with E-state index in [1.54, 1.807) is 6.07 Å². The monoisotopic (exact) mass is 227 g/mol. The van der Waals surface area contributed by atoms with Crippen LogP contribution in [-0.4, -0.2) is 13.6 Å². The van der Waals surface area contributed by atoms with Gasteiger partial charge in [0.05, 0.1) is 11.1 Å². The van der Waals surface area contributed by atoms with Gasteiger partial charge in [0.25, 0.3) is 0 Å². The van der Waals surface area contributed by atoms with Crippen molar-refractivity contribution in [2.45, 2.75) is 4.90 Å². The third-order valence-electron chi connectivity index (χ3n) is 1.86. The zero-order valence-corrected chi connectivity index (χ0v) is 8.24. The van der Waals surface area contributed by atoms with Gasteiger partial charge in [-0.2, -0.15) is 8.42 Å². The Morgan fingerprint density at radius 1 is 1.13 bits per heavy atom. The Bertz CT molecular complexity index is 546. The van der Waals surface area contributed by atoms with Crippen molar-refractivity contribution in [3.05, 3.63) is 36.5 Å². The molecule has 0 spiro atoms. The van der Waals surface area contributed by atoms with Crippen molar-refractivity contribution in [2.75, 3.05) is 0 Å². The summed E-state index contributed by atoms with van der Waals surface area (Å²) in [5.74, 6) is 0.498. The van der Waals surface area contributed by atoms with Gasteiger partial charge in [0.15, 0.2) is 5.76 Å². The van der Waals surface area contributed by atoms with Gasteiger partial charge in [-0.05, 0) is 24.3 Å². The van der Waals surface area contributed by atoms with Crippen molar-refractivity contribution < 1.29 is 16.8 Å². The molecule has 0 aliphatic carbocycles. The number of benzene rings is 1. The molecule has 0 N–H and O–H groups in total. The Hall–Kier alpha value is -1.69. The maximum atomic E-state index is 12.5. The first-order valence-electron chi connectivity index (χ1n) is 4.03. The molecule has 78 valence electrons. The predicted octanol–water partition coefficient (Wildman–Crippen LogP) is 2.00. The molecule has 1 heterocycles. The second-order valence-corrected chi connectivity index (χ2v) is 4.19. The first kappa shape index (κ1) is 9.85. The molecule has 2 aromatic rings. The molecule has 0 unspecified atom stereocenters. The van der Waals surface area contributed by atoms with Crippen molar-refractivity contribution in [3.8, 4) is 11.3 Å². The normalized spacial score (nSPS) is 11.5. The summed E-state index contributed by atoms with van der Waals surface area (Å²) >= 11 is 0. The minimum Gasteiger partial charge on any atom is -0.356 e. The molecule has 0 aliphatic rings. The summed E-state index contributed by atoms with van der Waals surface area (Å²) in [7, 11) is -4.63.